The Labute approximate surface area is 138 Å². The van der Waals surface area contributed by atoms with Gasteiger partial charge in [0, 0.05) is 50.0 Å². The highest BCUT2D eigenvalue weighted by atomic mass is 16.5. The van der Waals surface area contributed by atoms with Crippen LogP contribution in [0.5, 0.6) is 0 Å². The molecule has 126 valence electrons. The topological polar surface area (TPSA) is 53.5 Å². The third-order valence-corrected chi connectivity index (χ3v) is 5.08. The van der Waals surface area contributed by atoms with Crippen molar-refractivity contribution < 1.29 is 4.74 Å². The largest absolute Gasteiger partial charge is 0.379 e. The molecule has 1 saturated carbocycles. The standard InChI is InChI=1S/C17H27N5O/c1-13-12-16(19-14-2-3-14)20-17(18-13)22-6-4-15(5-7-22)21-8-10-23-11-9-21/h12,14-15H,2-11H2,1H3,(H,18,19,20). The maximum atomic E-state index is 5.46. The van der Waals surface area contributed by atoms with Crippen LogP contribution < -0.4 is 10.2 Å². The number of nitrogens with one attached hydrogen (secondary N) is 1. The molecule has 23 heavy (non-hydrogen) atoms. The van der Waals surface area contributed by atoms with Gasteiger partial charge in [0.2, 0.25) is 5.95 Å². The van der Waals surface area contributed by atoms with E-state index in [1.54, 1.807) is 0 Å². The van der Waals surface area contributed by atoms with Gasteiger partial charge in [-0.25, -0.2) is 4.98 Å². The van der Waals surface area contributed by atoms with Crippen molar-refractivity contribution >= 4 is 11.8 Å². The van der Waals surface area contributed by atoms with Gasteiger partial charge in [0.25, 0.3) is 0 Å². The Bertz CT molecular complexity index is 534. The van der Waals surface area contributed by atoms with Crippen molar-refractivity contribution in [2.45, 2.75) is 44.7 Å². The fraction of sp³-hybridized carbons (Fsp3) is 0.765. The Morgan fingerprint density at radius 2 is 1.78 bits per heavy atom. The molecular formula is C17H27N5O. The predicted octanol–water partition coefficient (Wildman–Crippen LogP) is 1.66. The number of aromatic nitrogens is 2. The molecule has 0 atom stereocenters. The third-order valence-electron chi connectivity index (χ3n) is 5.08. The monoisotopic (exact) mass is 317 g/mol. The van der Waals surface area contributed by atoms with Crippen molar-refractivity contribution in [1.29, 1.82) is 0 Å². The minimum absolute atomic E-state index is 0.629. The highest BCUT2D eigenvalue weighted by Crippen LogP contribution is 2.26. The van der Waals surface area contributed by atoms with Crippen LogP contribution in [0.25, 0.3) is 0 Å². The second-order valence-electron chi connectivity index (χ2n) is 6.98. The van der Waals surface area contributed by atoms with Gasteiger partial charge in [-0.1, -0.05) is 0 Å². The van der Waals surface area contributed by atoms with Crippen LogP contribution in [0.4, 0.5) is 11.8 Å². The van der Waals surface area contributed by atoms with Gasteiger partial charge in [0.1, 0.15) is 5.82 Å². The molecule has 0 spiro atoms. The fourth-order valence-corrected chi connectivity index (χ4v) is 3.58. The van der Waals surface area contributed by atoms with Crippen LogP contribution in [-0.4, -0.2) is 66.3 Å². The van der Waals surface area contributed by atoms with Gasteiger partial charge in [-0.3, -0.25) is 4.90 Å². The van der Waals surface area contributed by atoms with Crippen LogP contribution in [0.2, 0.25) is 0 Å². The molecule has 1 N–H and O–H groups in total. The normalized spacial score (nSPS) is 24.0. The van der Waals surface area contributed by atoms with Crippen molar-refractivity contribution in [3.63, 3.8) is 0 Å². The number of hydrogen-bond acceptors (Lipinski definition) is 6. The summed E-state index contributed by atoms with van der Waals surface area (Å²) in [6.07, 6.45) is 4.93. The van der Waals surface area contributed by atoms with E-state index in [-0.39, 0.29) is 0 Å². The molecular weight excluding hydrogens is 290 g/mol. The first-order chi connectivity index (χ1) is 11.3. The molecule has 3 aliphatic rings. The smallest absolute Gasteiger partial charge is 0.227 e. The van der Waals surface area contributed by atoms with E-state index in [1.807, 2.05) is 0 Å². The van der Waals surface area contributed by atoms with E-state index in [0.29, 0.717) is 12.1 Å². The maximum absolute atomic E-state index is 5.46. The van der Waals surface area contributed by atoms with Crippen molar-refractivity contribution in [2.75, 3.05) is 49.6 Å². The number of nitrogens with zero attached hydrogens (tertiary/aromatic N) is 4. The molecule has 2 aliphatic heterocycles. The van der Waals surface area contributed by atoms with Crippen LogP contribution in [0.3, 0.4) is 0 Å². The van der Waals surface area contributed by atoms with Crippen LogP contribution >= 0.6 is 0 Å². The van der Waals surface area contributed by atoms with E-state index in [9.17, 15) is 0 Å². The van der Waals surface area contributed by atoms with E-state index in [0.717, 1.165) is 56.9 Å². The summed E-state index contributed by atoms with van der Waals surface area (Å²) < 4.78 is 5.46. The Hall–Kier alpha value is -1.40. The lowest BCUT2D eigenvalue weighted by Gasteiger charge is -2.40. The average Bonchev–Trinajstić information content (AvgIpc) is 3.39. The van der Waals surface area contributed by atoms with Crippen LogP contribution in [0, 0.1) is 6.92 Å². The number of rotatable bonds is 4. The van der Waals surface area contributed by atoms with Crippen LogP contribution in [-0.2, 0) is 4.74 Å². The molecule has 3 heterocycles. The molecule has 0 radical (unpaired) electrons. The van der Waals surface area contributed by atoms with Gasteiger partial charge in [-0.05, 0) is 32.6 Å². The minimum Gasteiger partial charge on any atom is -0.379 e. The summed E-state index contributed by atoms with van der Waals surface area (Å²) in [5, 5.41) is 3.50. The number of ether oxygens (including phenoxy) is 1. The molecule has 0 aromatic carbocycles. The van der Waals surface area contributed by atoms with Crippen molar-refractivity contribution in [1.82, 2.24) is 14.9 Å². The molecule has 0 bridgehead atoms. The highest BCUT2D eigenvalue weighted by Gasteiger charge is 2.27. The second-order valence-corrected chi connectivity index (χ2v) is 6.98. The molecule has 1 aromatic rings. The molecule has 4 rings (SSSR count). The molecule has 1 aromatic heterocycles. The molecule has 0 unspecified atom stereocenters. The molecule has 3 fully saturated rings. The Morgan fingerprint density at radius 1 is 1.04 bits per heavy atom. The summed E-state index contributed by atoms with van der Waals surface area (Å²) in [5.74, 6) is 1.89. The zero-order valence-electron chi connectivity index (χ0n) is 14.0. The lowest BCUT2D eigenvalue weighted by atomic mass is 10.0. The van der Waals surface area contributed by atoms with Gasteiger partial charge in [-0.15, -0.1) is 0 Å². The molecule has 6 nitrogen and oxygen atoms in total. The van der Waals surface area contributed by atoms with Gasteiger partial charge in [0.15, 0.2) is 0 Å². The van der Waals surface area contributed by atoms with E-state index in [2.05, 4.69) is 33.1 Å². The summed E-state index contributed by atoms with van der Waals surface area (Å²) in [6.45, 7) is 8.10. The van der Waals surface area contributed by atoms with E-state index in [4.69, 9.17) is 9.72 Å². The first kappa shape index (κ1) is 15.1. The summed E-state index contributed by atoms with van der Waals surface area (Å²) in [5.41, 5.74) is 1.05. The zero-order valence-corrected chi connectivity index (χ0v) is 14.0. The summed E-state index contributed by atoms with van der Waals surface area (Å²) >= 11 is 0. The zero-order chi connectivity index (χ0) is 15.6. The Balaban J connectivity index is 1.38. The minimum atomic E-state index is 0.629. The van der Waals surface area contributed by atoms with E-state index in [1.165, 1.54) is 25.7 Å². The maximum Gasteiger partial charge on any atom is 0.227 e. The Kier molecular flexibility index (Phi) is 4.35. The number of anilines is 2. The summed E-state index contributed by atoms with van der Waals surface area (Å²) in [7, 11) is 0. The molecule has 0 amide bonds. The van der Waals surface area contributed by atoms with Gasteiger partial charge < -0.3 is 15.0 Å². The molecule has 2 saturated heterocycles. The quantitative estimate of drug-likeness (QED) is 0.911. The second kappa shape index (κ2) is 6.61. The van der Waals surface area contributed by atoms with Gasteiger partial charge >= 0.3 is 0 Å². The number of hydrogen-bond donors (Lipinski definition) is 1. The van der Waals surface area contributed by atoms with Crippen molar-refractivity contribution in [3.05, 3.63) is 11.8 Å². The summed E-state index contributed by atoms with van der Waals surface area (Å²) in [6, 6.07) is 3.38. The average molecular weight is 317 g/mol. The first-order valence-electron chi connectivity index (χ1n) is 8.97. The first-order valence-corrected chi connectivity index (χ1v) is 8.97. The summed E-state index contributed by atoms with van der Waals surface area (Å²) in [4.78, 5) is 14.4. The number of piperidine rings is 1. The number of aryl methyl sites for hydroxylation is 1. The Morgan fingerprint density at radius 3 is 2.48 bits per heavy atom. The van der Waals surface area contributed by atoms with E-state index >= 15 is 0 Å². The molecule has 6 heteroatoms. The van der Waals surface area contributed by atoms with E-state index < -0.39 is 0 Å². The lowest BCUT2D eigenvalue weighted by Crippen LogP contribution is -2.49. The van der Waals surface area contributed by atoms with Crippen LogP contribution in [0.1, 0.15) is 31.4 Å². The number of morpholine rings is 1. The fourth-order valence-electron chi connectivity index (χ4n) is 3.58. The highest BCUT2D eigenvalue weighted by molar-refractivity contribution is 5.45. The van der Waals surface area contributed by atoms with Gasteiger partial charge in [-0.2, -0.15) is 4.98 Å². The third kappa shape index (κ3) is 3.75. The van der Waals surface area contributed by atoms with Crippen molar-refractivity contribution in [2.24, 2.45) is 0 Å². The van der Waals surface area contributed by atoms with Gasteiger partial charge in [0.05, 0.1) is 13.2 Å². The molecule has 1 aliphatic carbocycles. The van der Waals surface area contributed by atoms with Crippen molar-refractivity contribution in [3.8, 4) is 0 Å². The lowest BCUT2D eigenvalue weighted by molar-refractivity contribution is 0.0114. The SMILES string of the molecule is Cc1cc(NC2CC2)nc(N2CCC(N3CCOCC3)CC2)n1. The van der Waals surface area contributed by atoms with Crippen LogP contribution in [0.15, 0.2) is 6.07 Å². The predicted molar refractivity (Wildman–Crippen MR) is 91.0 cm³/mol.